The second-order valence-electron chi connectivity index (χ2n) is 7.85. The van der Waals surface area contributed by atoms with Crippen molar-refractivity contribution in [1.29, 1.82) is 0 Å². The summed E-state index contributed by atoms with van der Waals surface area (Å²) in [6.07, 6.45) is 5.84. The van der Waals surface area contributed by atoms with Crippen LogP contribution in [0, 0.1) is 0 Å². The predicted molar refractivity (Wildman–Crippen MR) is 123 cm³/mol. The molecule has 0 amide bonds. The summed E-state index contributed by atoms with van der Waals surface area (Å²) in [5.74, 6) is 1.35. The Kier molecular flexibility index (Phi) is 7.82. The first-order chi connectivity index (χ1) is 13.3. The van der Waals surface area contributed by atoms with Crippen molar-refractivity contribution < 1.29 is 9.84 Å². The van der Waals surface area contributed by atoms with E-state index in [1.807, 2.05) is 13.1 Å². The molecule has 2 saturated heterocycles. The Morgan fingerprint density at radius 2 is 2.00 bits per heavy atom. The average molecular weight is 500 g/mol. The molecule has 1 aromatic carbocycles. The highest BCUT2D eigenvalue weighted by atomic mass is 127. The van der Waals surface area contributed by atoms with Gasteiger partial charge in [-0.3, -0.25) is 9.89 Å². The number of hydrogen-bond acceptors (Lipinski definition) is 4. The van der Waals surface area contributed by atoms with Crippen molar-refractivity contribution in [2.24, 2.45) is 4.99 Å². The molecule has 6 nitrogen and oxygen atoms in total. The van der Waals surface area contributed by atoms with Crippen molar-refractivity contribution in [3.63, 3.8) is 0 Å². The number of phenolic OH excluding ortho intramolecular Hbond substituents is 1. The highest BCUT2D eigenvalue weighted by Gasteiger charge is 2.30. The average Bonchev–Trinajstić information content (AvgIpc) is 3.20. The van der Waals surface area contributed by atoms with Gasteiger partial charge < -0.3 is 20.1 Å². The number of aliphatic imine (C=N–C) groups is 1. The van der Waals surface area contributed by atoms with Gasteiger partial charge in [-0.2, -0.15) is 0 Å². The molecule has 0 bridgehead atoms. The second-order valence-corrected chi connectivity index (χ2v) is 7.85. The third-order valence-corrected chi connectivity index (χ3v) is 6.29. The summed E-state index contributed by atoms with van der Waals surface area (Å²) >= 11 is 0. The van der Waals surface area contributed by atoms with Crippen LogP contribution >= 0.6 is 24.0 Å². The number of ether oxygens (including phenoxy) is 1. The minimum Gasteiger partial charge on any atom is -0.508 e. The zero-order valence-corrected chi connectivity index (χ0v) is 19.2. The van der Waals surface area contributed by atoms with E-state index in [9.17, 15) is 5.11 Å². The quantitative estimate of drug-likeness (QED) is 0.379. The maximum atomic E-state index is 10.4. The van der Waals surface area contributed by atoms with Gasteiger partial charge in [0.05, 0.1) is 13.2 Å². The largest absolute Gasteiger partial charge is 0.508 e. The molecule has 0 spiro atoms. The molecule has 28 heavy (non-hydrogen) atoms. The van der Waals surface area contributed by atoms with E-state index in [0.717, 1.165) is 63.8 Å². The smallest absolute Gasteiger partial charge is 0.193 e. The predicted octanol–water partition coefficient (Wildman–Crippen LogP) is 2.37. The Balaban J connectivity index is 0.00000225. The molecule has 0 aromatic heterocycles. The second kappa shape index (κ2) is 10.1. The van der Waals surface area contributed by atoms with Gasteiger partial charge in [-0.1, -0.05) is 6.07 Å². The van der Waals surface area contributed by atoms with Crippen LogP contribution in [0.5, 0.6) is 5.75 Å². The number of likely N-dealkylation sites (tertiary alicyclic amines) is 1. The zero-order valence-electron chi connectivity index (χ0n) is 16.8. The molecule has 4 rings (SSSR count). The highest BCUT2D eigenvalue weighted by molar-refractivity contribution is 14.0. The van der Waals surface area contributed by atoms with Gasteiger partial charge in [0.15, 0.2) is 5.96 Å². The SMILES string of the molecule is CN=C(NCc1c(O)ccc2c1CCCC2)N1CCC(N2CCOCC2)C1.I. The lowest BCUT2D eigenvalue weighted by atomic mass is 9.88. The third kappa shape index (κ3) is 4.74. The first-order valence-electron chi connectivity index (χ1n) is 10.4. The molecule has 7 heteroatoms. The first-order valence-corrected chi connectivity index (χ1v) is 10.4. The molecule has 1 aromatic rings. The summed E-state index contributed by atoms with van der Waals surface area (Å²) in [6.45, 7) is 6.45. The zero-order chi connectivity index (χ0) is 18.6. The number of hydrogen-bond donors (Lipinski definition) is 2. The molecule has 2 heterocycles. The van der Waals surface area contributed by atoms with Gasteiger partial charge in [0, 0.05) is 51.4 Å². The highest BCUT2D eigenvalue weighted by Crippen LogP contribution is 2.30. The van der Waals surface area contributed by atoms with Gasteiger partial charge in [0.25, 0.3) is 0 Å². The number of morpholine rings is 1. The molecule has 2 N–H and O–H groups in total. The van der Waals surface area contributed by atoms with Crippen LogP contribution in [0.15, 0.2) is 17.1 Å². The fraction of sp³-hybridized carbons (Fsp3) is 0.667. The molecular weight excluding hydrogens is 467 g/mol. The van der Waals surface area contributed by atoms with Gasteiger partial charge in [-0.25, -0.2) is 0 Å². The summed E-state index contributed by atoms with van der Waals surface area (Å²) in [5, 5.41) is 13.9. The molecule has 0 radical (unpaired) electrons. The van der Waals surface area contributed by atoms with Crippen LogP contribution in [0.1, 0.15) is 36.0 Å². The van der Waals surface area contributed by atoms with Gasteiger partial charge >= 0.3 is 0 Å². The van der Waals surface area contributed by atoms with Crippen LogP contribution in [0.3, 0.4) is 0 Å². The van der Waals surface area contributed by atoms with Crippen LogP contribution in [-0.4, -0.2) is 73.3 Å². The maximum absolute atomic E-state index is 10.4. The lowest BCUT2D eigenvalue weighted by Crippen LogP contribution is -2.46. The number of benzene rings is 1. The number of aromatic hydroxyl groups is 1. The van der Waals surface area contributed by atoms with E-state index < -0.39 is 0 Å². The van der Waals surface area contributed by atoms with Gasteiger partial charge in [0.2, 0.25) is 0 Å². The van der Waals surface area contributed by atoms with E-state index in [-0.39, 0.29) is 24.0 Å². The van der Waals surface area contributed by atoms with E-state index in [1.54, 1.807) is 0 Å². The van der Waals surface area contributed by atoms with Gasteiger partial charge in [0.1, 0.15) is 5.75 Å². The Hall–Kier alpha value is -1.06. The fourth-order valence-electron chi connectivity index (χ4n) is 4.76. The summed E-state index contributed by atoms with van der Waals surface area (Å²) in [7, 11) is 1.85. The standard InChI is InChI=1S/C21H32N4O2.HI/c1-22-21(25-9-8-17(15-25)24-10-12-27-13-11-24)23-14-19-18-5-3-2-4-16(18)6-7-20(19)26;/h6-7,17,26H,2-5,8-15H2,1H3,(H,22,23);1H. The van der Waals surface area contributed by atoms with E-state index >= 15 is 0 Å². The van der Waals surface area contributed by atoms with Crippen molar-refractivity contribution in [2.45, 2.75) is 44.7 Å². The Morgan fingerprint density at radius 3 is 2.79 bits per heavy atom. The van der Waals surface area contributed by atoms with Crippen molar-refractivity contribution in [3.8, 4) is 5.75 Å². The number of nitrogens with one attached hydrogen (secondary N) is 1. The maximum Gasteiger partial charge on any atom is 0.193 e. The normalized spacial score (nSPS) is 23.2. The monoisotopic (exact) mass is 500 g/mol. The molecule has 1 unspecified atom stereocenters. The minimum atomic E-state index is 0. The van der Waals surface area contributed by atoms with Crippen LogP contribution in [0.2, 0.25) is 0 Å². The number of halogens is 1. The van der Waals surface area contributed by atoms with Gasteiger partial charge in [-0.05, 0) is 49.3 Å². The van der Waals surface area contributed by atoms with Crippen molar-refractivity contribution in [3.05, 3.63) is 28.8 Å². The lowest BCUT2D eigenvalue weighted by Gasteiger charge is -2.32. The third-order valence-electron chi connectivity index (χ3n) is 6.29. The Bertz CT molecular complexity index is 691. The summed E-state index contributed by atoms with van der Waals surface area (Å²) in [6, 6.07) is 4.54. The number of nitrogens with zero attached hydrogens (tertiary/aromatic N) is 3. The number of guanidine groups is 1. The number of phenols is 1. The molecule has 1 aliphatic carbocycles. The summed E-state index contributed by atoms with van der Waals surface area (Å²) < 4.78 is 5.48. The molecular formula is C21H33IN4O2. The lowest BCUT2D eigenvalue weighted by molar-refractivity contribution is 0.0195. The molecule has 0 saturated carbocycles. The van der Waals surface area contributed by atoms with Crippen LogP contribution < -0.4 is 5.32 Å². The van der Waals surface area contributed by atoms with Crippen LogP contribution in [0.4, 0.5) is 0 Å². The number of aryl methyl sites for hydroxylation is 1. The van der Waals surface area contributed by atoms with E-state index in [1.165, 1.54) is 30.4 Å². The first kappa shape index (κ1) is 21.6. The van der Waals surface area contributed by atoms with Crippen LogP contribution in [0.25, 0.3) is 0 Å². The van der Waals surface area contributed by atoms with Crippen molar-refractivity contribution in [2.75, 3.05) is 46.4 Å². The summed E-state index contributed by atoms with van der Waals surface area (Å²) in [5.41, 5.74) is 3.80. The van der Waals surface area contributed by atoms with E-state index in [0.29, 0.717) is 18.3 Å². The molecule has 1 atom stereocenters. The van der Waals surface area contributed by atoms with Crippen molar-refractivity contribution in [1.82, 2.24) is 15.1 Å². The van der Waals surface area contributed by atoms with Gasteiger partial charge in [-0.15, -0.1) is 24.0 Å². The van der Waals surface area contributed by atoms with E-state index in [2.05, 4.69) is 26.2 Å². The topological polar surface area (TPSA) is 60.3 Å². The summed E-state index contributed by atoms with van der Waals surface area (Å²) in [4.78, 5) is 9.42. The molecule has 2 fully saturated rings. The van der Waals surface area contributed by atoms with Crippen molar-refractivity contribution >= 4 is 29.9 Å². The molecule has 2 aliphatic heterocycles. The molecule has 3 aliphatic rings. The Morgan fingerprint density at radius 1 is 1.21 bits per heavy atom. The number of fused-ring (bicyclic) bond motifs is 1. The fourth-order valence-corrected chi connectivity index (χ4v) is 4.76. The van der Waals surface area contributed by atoms with E-state index in [4.69, 9.17) is 4.74 Å². The van der Waals surface area contributed by atoms with Crippen LogP contribution in [-0.2, 0) is 24.1 Å². The number of rotatable bonds is 3. The minimum absolute atomic E-state index is 0. The molecule has 156 valence electrons. The Labute approximate surface area is 185 Å².